The third kappa shape index (κ3) is 3.68. The number of likely N-dealkylation sites (N-methyl/N-ethyl adjacent to an activating group) is 2. The van der Waals surface area contributed by atoms with Gasteiger partial charge in [0.15, 0.2) is 0 Å². The summed E-state index contributed by atoms with van der Waals surface area (Å²) in [6, 6.07) is 0. The molecule has 4 nitrogen and oxygen atoms in total. The SMILES string of the molecule is CCCC1(C(=O)N(C)CCNC)CCCNC1. The molecule has 1 aliphatic heterocycles. The van der Waals surface area contributed by atoms with Gasteiger partial charge in [0.1, 0.15) is 0 Å². The minimum Gasteiger partial charge on any atom is -0.344 e. The molecule has 1 aliphatic rings. The van der Waals surface area contributed by atoms with E-state index in [1.165, 1.54) is 0 Å². The van der Waals surface area contributed by atoms with Crippen molar-refractivity contribution in [1.82, 2.24) is 15.5 Å². The molecular formula is C13H27N3O. The molecule has 0 spiro atoms. The van der Waals surface area contributed by atoms with Gasteiger partial charge in [-0.25, -0.2) is 0 Å². The van der Waals surface area contributed by atoms with Gasteiger partial charge in [0.25, 0.3) is 0 Å². The Bertz CT molecular complexity index is 231. The molecule has 0 bridgehead atoms. The first kappa shape index (κ1) is 14.5. The van der Waals surface area contributed by atoms with Crippen molar-refractivity contribution < 1.29 is 4.79 Å². The average molecular weight is 241 g/mol. The number of hydrogen-bond donors (Lipinski definition) is 2. The molecule has 100 valence electrons. The van der Waals surface area contributed by atoms with Crippen molar-refractivity contribution in [3.8, 4) is 0 Å². The maximum Gasteiger partial charge on any atom is 0.229 e. The summed E-state index contributed by atoms with van der Waals surface area (Å²) in [5.74, 6) is 0.321. The van der Waals surface area contributed by atoms with E-state index in [-0.39, 0.29) is 5.41 Å². The summed E-state index contributed by atoms with van der Waals surface area (Å²) >= 11 is 0. The molecule has 0 aromatic heterocycles. The van der Waals surface area contributed by atoms with Crippen LogP contribution in [0.2, 0.25) is 0 Å². The van der Waals surface area contributed by atoms with Gasteiger partial charge in [0, 0.05) is 26.7 Å². The second kappa shape index (κ2) is 6.97. The van der Waals surface area contributed by atoms with Crippen LogP contribution in [0.3, 0.4) is 0 Å². The molecule has 0 saturated carbocycles. The van der Waals surface area contributed by atoms with E-state index < -0.39 is 0 Å². The minimum absolute atomic E-state index is 0.143. The maximum absolute atomic E-state index is 12.6. The zero-order valence-electron chi connectivity index (χ0n) is 11.5. The molecule has 0 radical (unpaired) electrons. The highest BCUT2D eigenvalue weighted by molar-refractivity contribution is 5.83. The molecule has 1 amide bonds. The summed E-state index contributed by atoms with van der Waals surface area (Å²) in [6.45, 7) is 5.72. The van der Waals surface area contributed by atoms with Gasteiger partial charge in [0.2, 0.25) is 5.91 Å². The third-order valence-electron chi connectivity index (χ3n) is 3.70. The van der Waals surface area contributed by atoms with Gasteiger partial charge in [-0.2, -0.15) is 0 Å². The van der Waals surface area contributed by atoms with Crippen molar-refractivity contribution >= 4 is 5.91 Å². The first-order valence-electron chi connectivity index (χ1n) is 6.77. The van der Waals surface area contributed by atoms with Crippen LogP contribution in [-0.2, 0) is 4.79 Å². The lowest BCUT2D eigenvalue weighted by Gasteiger charge is -2.39. The van der Waals surface area contributed by atoms with Gasteiger partial charge in [-0.15, -0.1) is 0 Å². The molecule has 0 aromatic rings. The molecule has 1 rings (SSSR count). The third-order valence-corrected chi connectivity index (χ3v) is 3.70. The van der Waals surface area contributed by atoms with Crippen molar-refractivity contribution in [3.63, 3.8) is 0 Å². The summed E-state index contributed by atoms with van der Waals surface area (Å²) in [7, 11) is 3.84. The van der Waals surface area contributed by atoms with E-state index in [1.54, 1.807) is 0 Å². The molecule has 4 heteroatoms. The molecule has 1 saturated heterocycles. The van der Waals surface area contributed by atoms with Crippen LogP contribution in [0.15, 0.2) is 0 Å². The second-order valence-electron chi connectivity index (χ2n) is 5.14. The lowest BCUT2D eigenvalue weighted by atomic mass is 9.76. The number of nitrogens with one attached hydrogen (secondary N) is 2. The molecule has 1 fully saturated rings. The Morgan fingerprint density at radius 2 is 2.29 bits per heavy atom. The number of carbonyl (C=O) groups excluding carboxylic acids is 1. The predicted molar refractivity (Wildman–Crippen MR) is 71.0 cm³/mol. The van der Waals surface area contributed by atoms with E-state index >= 15 is 0 Å². The maximum atomic E-state index is 12.6. The van der Waals surface area contributed by atoms with E-state index in [0.29, 0.717) is 5.91 Å². The normalized spacial score (nSPS) is 24.6. The summed E-state index contributed by atoms with van der Waals surface area (Å²) in [5.41, 5.74) is -0.143. The molecular weight excluding hydrogens is 214 g/mol. The fourth-order valence-electron chi connectivity index (χ4n) is 2.74. The molecule has 17 heavy (non-hydrogen) atoms. The van der Waals surface area contributed by atoms with Crippen LogP contribution in [-0.4, -0.2) is 51.1 Å². The van der Waals surface area contributed by atoms with E-state index in [0.717, 1.165) is 51.9 Å². The highest BCUT2D eigenvalue weighted by atomic mass is 16.2. The number of nitrogens with zero attached hydrogens (tertiary/aromatic N) is 1. The molecule has 1 atom stereocenters. The van der Waals surface area contributed by atoms with Gasteiger partial charge in [-0.05, 0) is 32.9 Å². The Kier molecular flexibility index (Phi) is 5.92. The monoisotopic (exact) mass is 241 g/mol. The smallest absolute Gasteiger partial charge is 0.229 e. The number of piperidine rings is 1. The Labute approximate surface area is 105 Å². The second-order valence-corrected chi connectivity index (χ2v) is 5.14. The topological polar surface area (TPSA) is 44.4 Å². The van der Waals surface area contributed by atoms with Crippen molar-refractivity contribution in [1.29, 1.82) is 0 Å². The van der Waals surface area contributed by atoms with Crippen LogP contribution in [0.25, 0.3) is 0 Å². The van der Waals surface area contributed by atoms with Crippen LogP contribution >= 0.6 is 0 Å². The Morgan fingerprint density at radius 1 is 1.53 bits per heavy atom. The standard InChI is InChI=1S/C13H27N3O/c1-4-6-13(7-5-8-15-11-13)12(17)16(3)10-9-14-2/h14-15H,4-11H2,1-3H3. The summed E-state index contributed by atoms with van der Waals surface area (Å²) in [4.78, 5) is 14.5. The predicted octanol–water partition coefficient (Wildman–Crippen LogP) is 0.834. The van der Waals surface area contributed by atoms with Crippen LogP contribution < -0.4 is 10.6 Å². The van der Waals surface area contributed by atoms with Crippen molar-refractivity contribution in [2.75, 3.05) is 40.3 Å². The van der Waals surface area contributed by atoms with Crippen LogP contribution in [0.5, 0.6) is 0 Å². The lowest BCUT2D eigenvalue weighted by Crippen LogP contribution is -2.51. The molecule has 0 aliphatic carbocycles. The molecule has 1 unspecified atom stereocenters. The highest BCUT2D eigenvalue weighted by Crippen LogP contribution is 2.33. The van der Waals surface area contributed by atoms with Crippen LogP contribution in [0, 0.1) is 5.41 Å². The first-order chi connectivity index (χ1) is 8.16. The van der Waals surface area contributed by atoms with Crippen LogP contribution in [0.1, 0.15) is 32.6 Å². The highest BCUT2D eigenvalue weighted by Gasteiger charge is 2.40. The number of carbonyl (C=O) groups is 1. The summed E-state index contributed by atoms with van der Waals surface area (Å²) in [6.07, 6.45) is 4.23. The lowest BCUT2D eigenvalue weighted by molar-refractivity contribution is -0.142. The zero-order valence-corrected chi connectivity index (χ0v) is 11.5. The molecule has 1 heterocycles. The first-order valence-corrected chi connectivity index (χ1v) is 6.77. The average Bonchev–Trinajstić information content (AvgIpc) is 2.36. The Morgan fingerprint density at radius 3 is 2.82 bits per heavy atom. The number of amides is 1. The fraction of sp³-hybridized carbons (Fsp3) is 0.923. The van der Waals surface area contributed by atoms with E-state index in [1.807, 2.05) is 19.0 Å². The van der Waals surface area contributed by atoms with Crippen molar-refractivity contribution in [3.05, 3.63) is 0 Å². The van der Waals surface area contributed by atoms with Gasteiger partial charge < -0.3 is 15.5 Å². The van der Waals surface area contributed by atoms with Crippen molar-refractivity contribution in [2.24, 2.45) is 5.41 Å². The van der Waals surface area contributed by atoms with Gasteiger partial charge in [-0.3, -0.25) is 4.79 Å². The largest absolute Gasteiger partial charge is 0.344 e. The Balaban J connectivity index is 2.65. The Hall–Kier alpha value is -0.610. The number of rotatable bonds is 6. The summed E-state index contributed by atoms with van der Waals surface area (Å²) < 4.78 is 0. The van der Waals surface area contributed by atoms with E-state index in [9.17, 15) is 4.79 Å². The summed E-state index contributed by atoms with van der Waals surface area (Å²) in [5, 5.41) is 6.48. The zero-order chi connectivity index (χ0) is 12.7. The van der Waals surface area contributed by atoms with Gasteiger partial charge >= 0.3 is 0 Å². The quantitative estimate of drug-likeness (QED) is 0.724. The molecule has 0 aromatic carbocycles. The van der Waals surface area contributed by atoms with Crippen LogP contribution in [0.4, 0.5) is 0 Å². The molecule has 2 N–H and O–H groups in total. The fourth-order valence-corrected chi connectivity index (χ4v) is 2.74. The number of hydrogen-bond acceptors (Lipinski definition) is 3. The van der Waals surface area contributed by atoms with Gasteiger partial charge in [-0.1, -0.05) is 13.3 Å². The van der Waals surface area contributed by atoms with Gasteiger partial charge in [0.05, 0.1) is 5.41 Å². The van der Waals surface area contributed by atoms with Crippen molar-refractivity contribution in [2.45, 2.75) is 32.6 Å². The minimum atomic E-state index is -0.143. The van der Waals surface area contributed by atoms with E-state index in [4.69, 9.17) is 0 Å². The van der Waals surface area contributed by atoms with E-state index in [2.05, 4.69) is 17.6 Å².